The molecule has 0 amide bonds. The highest BCUT2D eigenvalue weighted by molar-refractivity contribution is 5.23. The van der Waals surface area contributed by atoms with Gasteiger partial charge in [-0.3, -0.25) is 0 Å². The Hall–Kier alpha value is -1.09. The number of ether oxygens (including phenoxy) is 1. The first kappa shape index (κ1) is 10.4. The topological polar surface area (TPSA) is 35.2 Å². The van der Waals surface area contributed by atoms with E-state index < -0.39 is 0 Å². The molecule has 0 radical (unpaired) electrons. The first-order valence-electron chi connectivity index (χ1n) is 5.42. The van der Waals surface area contributed by atoms with Gasteiger partial charge < -0.3 is 10.5 Å². The zero-order chi connectivity index (χ0) is 10.7. The van der Waals surface area contributed by atoms with E-state index in [0.717, 1.165) is 25.7 Å². The van der Waals surface area contributed by atoms with Crippen molar-refractivity contribution >= 4 is 0 Å². The van der Waals surface area contributed by atoms with Crippen LogP contribution < -0.4 is 10.5 Å². The van der Waals surface area contributed by atoms with E-state index in [9.17, 15) is 4.39 Å². The van der Waals surface area contributed by atoms with Gasteiger partial charge in [-0.25, -0.2) is 4.39 Å². The third-order valence-corrected chi connectivity index (χ3v) is 2.85. The fraction of sp³-hybridized carbons (Fsp3) is 0.500. The Kier molecular flexibility index (Phi) is 3.21. The van der Waals surface area contributed by atoms with Crippen molar-refractivity contribution in [3.63, 3.8) is 0 Å². The monoisotopic (exact) mass is 209 g/mol. The SMILES string of the molecule is NC1CCC(Oc2ccccc2F)CC1. The van der Waals surface area contributed by atoms with E-state index in [4.69, 9.17) is 10.5 Å². The molecule has 0 spiro atoms. The minimum absolute atomic E-state index is 0.127. The van der Waals surface area contributed by atoms with Crippen molar-refractivity contribution in [1.29, 1.82) is 0 Å². The first-order chi connectivity index (χ1) is 7.25. The fourth-order valence-electron chi connectivity index (χ4n) is 1.93. The predicted molar refractivity (Wildman–Crippen MR) is 57.3 cm³/mol. The van der Waals surface area contributed by atoms with Crippen LogP contribution in [0.15, 0.2) is 24.3 Å². The molecule has 1 aliphatic rings. The number of nitrogens with two attached hydrogens (primary N) is 1. The summed E-state index contributed by atoms with van der Waals surface area (Å²) >= 11 is 0. The van der Waals surface area contributed by atoms with Crippen LogP contribution >= 0.6 is 0 Å². The smallest absolute Gasteiger partial charge is 0.165 e. The zero-order valence-electron chi connectivity index (χ0n) is 8.66. The van der Waals surface area contributed by atoms with Crippen molar-refractivity contribution < 1.29 is 9.13 Å². The maximum Gasteiger partial charge on any atom is 0.165 e. The molecule has 1 aliphatic carbocycles. The van der Waals surface area contributed by atoms with Crippen molar-refractivity contribution in [2.75, 3.05) is 0 Å². The summed E-state index contributed by atoms with van der Waals surface area (Å²) in [5, 5.41) is 0. The highest BCUT2D eigenvalue weighted by atomic mass is 19.1. The molecule has 0 heterocycles. The van der Waals surface area contributed by atoms with Gasteiger partial charge in [0.2, 0.25) is 0 Å². The Labute approximate surface area is 89.2 Å². The number of hydrogen-bond donors (Lipinski definition) is 1. The molecule has 0 saturated heterocycles. The average Bonchev–Trinajstić information content (AvgIpc) is 2.25. The molecule has 2 N–H and O–H groups in total. The van der Waals surface area contributed by atoms with Crippen LogP contribution in [0.3, 0.4) is 0 Å². The first-order valence-corrected chi connectivity index (χ1v) is 5.42. The van der Waals surface area contributed by atoms with Crippen molar-refractivity contribution in [1.82, 2.24) is 0 Å². The summed E-state index contributed by atoms with van der Waals surface area (Å²) < 4.78 is 18.9. The minimum atomic E-state index is -0.285. The zero-order valence-corrected chi connectivity index (χ0v) is 8.66. The molecule has 0 atom stereocenters. The molecule has 82 valence electrons. The van der Waals surface area contributed by atoms with Crippen LogP contribution in [-0.2, 0) is 0 Å². The van der Waals surface area contributed by atoms with E-state index in [-0.39, 0.29) is 11.9 Å². The molecule has 2 nitrogen and oxygen atoms in total. The largest absolute Gasteiger partial charge is 0.487 e. The van der Waals surface area contributed by atoms with Crippen molar-refractivity contribution in [3.8, 4) is 5.75 Å². The number of halogens is 1. The molecule has 3 heteroatoms. The van der Waals surface area contributed by atoms with Crippen LogP contribution in [0.1, 0.15) is 25.7 Å². The number of para-hydroxylation sites is 1. The van der Waals surface area contributed by atoms with Crippen LogP contribution in [0.25, 0.3) is 0 Å². The van der Waals surface area contributed by atoms with Crippen molar-refractivity contribution in [3.05, 3.63) is 30.1 Å². The molecule has 0 bridgehead atoms. The Bertz CT molecular complexity index is 321. The molecule has 1 fully saturated rings. The van der Waals surface area contributed by atoms with E-state index in [1.54, 1.807) is 18.2 Å². The maximum atomic E-state index is 13.3. The number of hydrogen-bond acceptors (Lipinski definition) is 2. The van der Waals surface area contributed by atoms with Crippen molar-refractivity contribution in [2.45, 2.75) is 37.8 Å². The molecule has 0 aliphatic heterocycles. The summed E-state index contributed by atoms with van der Waals surface area (Å²) in [7, 11) is 0. The summed E-state index contributed by atoms with van der Waals surface area (Å²) in [4.78, 5) is 0. The third kappa shape index (κ3) is 2.69. The lowest BCUT2D eigenvalue weighted by atomic mass is 9.94. The minimum Gasteiger partial charge on any atom is -0.487 e. The molecular formula is C12H16FNO. The average molecular weight is 209 g/mol. The Morgan fingerprint density at radius 1 is 1.13 bits per heavy atom. The van der Waals surface area contributed by atoms with Crippen molar-refractivity contribution in [2.24, 2.45) is 5.73 Å². The molecule has 15 heavy (non-hydrogen) atoms. The van der Waals surface area contributed by atoms with Gasteiger partial charge in [0.05, 0.1) is 6.10 Å². The van der Waals surface area contributed by atoms with E-state index in [2.05, 4.69) is 0 Å². The highest BCUT2D eigenvalue weighted by Gasteiger charge is 2.20. The summed E-state index contributed by atoms with van der Waals surface area (Å²) in [5.41, 5.74) is 5.79. The van der Waals surface area contributed by atoms with Gasteiger partial charge in [0.15, 0.2) is 11.6 Å². The highest BCUT2D eigenvalue weighted by Crippen LogP contribution is 2.24. The molecule has 0 aromatic heterocycles. The lowest BCUT2D eigenvalue weighted by Gasteiger charge is -2.26. The summed E-state index contributed by atoms with van der Waals surface area (Å²) in [6, 6.07) is 6.84. The predicted octanol–water partition coefficient (Wildman–Crippen LogP) is 2.47. The van der Waals surface area contributed by atoms with E-state index in [1.165, 1.54) is 6.07 Å². The quantitative estimate of drug-likeness (QED) is 0.812. The van der Waals surface area contributed by atoms with Crippen LogP contribution in [0.2, 0.25) is 0 Å². The summed E-state index contributed by atoms with van der Waals surface area (Å²) in [6.07, 6.45) is 3.92. The van der Waals surface area contributed by atoms with Gasteiger partial charge in [-0.05, 0) is 37.8 Å². The Morgan fingerprint density at radius 3 is 2.47 bits per heavy atom. The lowest BCUT2D eigenvalue weighted by molar-refractivity contribution is 0.141. The number of benzene rings is 1. The summed E-state index contributed by atoms with van der Waals surface area (Å²) in [6.45, 7) is 0. The Morgan fingerprint density at radius 2 is 1.80 bits per heavy atom. The van der Waals surface area contributed by atoms with E-state index >= 15 is 0 Å². The van der Waals surface area contributed by atoms with E-state index in [1.807, 2.05) is 0 Å². The van der Waals surface area contributed by atoms with Gasteiger partial charge in [-0.1, -0.05) is 12.1 Å². The second-order valence-corrected chi connectivity index (χ2v) is 4.09. The Balaban J connectivity index is 1.95. The maximum absolute atomic E-state index is 13.3. The molecular weight excluding hydrogens is 193 g/mol. The lowest BCUT2D eigenvalue weighted by Crippen LogP contribution is -2.31. The van der Waals surface area contributed by atoms with Crippen LogP contribution in [-0.4, -0.2) is 12.1 Å². The third-order valence-electron chi connectivity index (χ3n) is 2.85. The van der Waals surface area contributed by atoms with Gasteiger partial charge in [-0.2, -0.15) is 0 Å². The summed E-state index contributed by atoms with van der Waals surface area (Å²) in [5.74, 6) is 0.0744. The molecule has 1 aromatic carbocycles. The second-order valence-electron chi connectivity index (χ2n) is 4.09. The van der Waals surface area contributed by atoms with Gasteiger partial charge in [-0.15, -0.1) is 0 Å². The van der Waals surface area contributed by atoms with Gasteiger partial charge in [0.25, 0.3) is 0 Å². The normalized spacial score (nSPS) is 26.3. The van der Waals surface area contributed by atoms with Crippen LogP contribution in [0.5, 0.6) is 5.75 Å². The van der Waals surface area contributed by atoms with Gasteiger partial charge in [0.1, 0.15) is 0 Å². The van der Waals surface area contributed by atoms with E-state index in [0.29, 0.717) is 11.8 Å². The van der Waals surface area contributed by atoms with Gasteiger partial charge >= 0.3 is 0 Å². The molecule has 1 aromatic rings. The molecule has 2 rings (SSSR count). The van der Waals surface area contributed by atoms with Gasteiger partial charge in [0, 0.05) is 6.04 Å². The fourth-order valence-corrected chi connectivity index (χ4v) is 1.93. The standard InChI is InChI=1S/C12H16FNO/c13-11-3-1-2-4-12(11)15-10-7-5-9(14)6-8-10/h1-4,9-10H,5-8,14H2. The molecule has 1 saturated carbocycles. The molecule has 0 unspecified atom stereocenters. The second kappa shape index (κ2) is 4.62. The van der Waals surface area contributed by atoms with Crippen LogP contribution in [0, 0.1) is 5.82 Å². The van der Waals surface area contributed by atoms with Crippen LogP contribution in [0.4, 0.5) is 4.39 Å². The number of rotatable bonds is 2.